The van der Waals surface area contributed by atoms with E-state index in [0.717, 1.165) is 11.5 Å². The van der Waals surface area contributed by atoms with Crippen LogP contribution in [0.1, 0.15) is 16.2 Å². The van der Waals surface area contributed by atoms with Crippen molar-refractivity contribution in [3.63, 3.8) is 0 Å². The molecule has 0 bridgehead atoms. The number of halogens is 1. The van der Waals surface area contributed by atoms with E-state index in [4.69, 9.17) is 16.3 Å². The Labute approximate surface area is 99.4 Å². The quantitative estimate of drug-likeness (QED) is 0.771. The van der Waals surface area contributed by atoms with Crippen LogP contribution >= 0.6 is 23.1 Å². The van der Waals surface area contributed by atoms with E-state index in [2.05, 4.69) is 19.6 Å². The Balaban J connectivity index is 1.97. The second-order valence-electron chi connectivity index (χ2n) is 2.66. The number of ether oxygens (including phenoxy) is 1. The Bertz CT molecular complexity index is 490. The molecule has 0 atom stereocenters. The molecule has 2 aromatic rings. The predicted octanol–water partition coefficient (Wildman–Crippen LogP) is 1.34. The van der Waals surface area contributed by atoms with Crippen molar-refractivity contribution in [3.8, 4) is 0 Å². The Morgan fingerprint density at radius 3 is 3.00 bits per heavy atom. The van der Waals surface area contributed by atoms with E-state index in [1.54, 1.807) is 0 Å². The van der Waals surface area contributed by atoms with Crippen LogP contribution in [0.2, 0.25) is 4.34 Å². The molecule has 0 aliphatic rings. The van der Waals surface area contributed by atoms with Crippen molar-refractivity contribution in [1.82, 2.24) is 19.6 Å². The molecular formula is C8H5ClN4O2S. The van der Waals surface area contributed by atoms with E-state index in [-0.39, 0.29) is 12.3 Å². The molecule has 0 aliphatic heterocycles. The van der Waals surface area contributed by atoms with Crippen molar-refractivity contribution in [2.45, 2.75) is 6.61 Å². The van der Waals surface area contributed by atoms with Gasteiger partial charge in [-0.3, -0.25) is 4.98 Å². The van der Waals surface area contributed by atoms with Gasteiger partial charge in [-0.15, -0.1) is 5.10 Å². The maximum atomic E-state index is 11.4. The summed E-state index contributed by atoms with van der Waals surface area (Å²) < 4.78 is 8.95. The lowest BCUT2D eigenvalue weighted by Crippen LogP contribution is -2.07. The minimum Gasteiger partial charge on any atom is -0.454 e. The molecule has 0 spiro atoms. The lowest BCUT2D eigenvalue weighted by molar-refractivity contribution is 0.0460. The third kappa shape index (κ3) is 2.50. The van der Waals surface area contributed by atoms with Gasteiger partial charge in [-0.2, -0.15) is 0 Å². The monoisotopic (exact) mass is 256 g/mol. The van der Waals surface area contributed by atoms with Crippen LogP contribution in [0.5, 0.6) is 0 Å². The fourth-order valence-corrected chi connectivity index (χ4v) is 1.50. The number of aromatic nitrogens is 4. The summed E-state index contributed by atoms with van der Waals surface area (Å²) in [6.07, 6.45) is 4.20. The van der Waals surface area contributed by atoms with E-state index in [0.29, 0.717) is 10.0 Å². The molecule has 0 unspecified atom stereocenters. The standard InChI is InChI=1S/C8H5ClN4O2S/c9-7-6(12-13-16-7)4-15-8(14)5-3-10-1-2-11-5/h1-3H,4H2. The van der Waals surface area contributed by atoms with E-state index >= 15 is 0 Å². The van der Waals surface area contributed by atoms with Gasteiger partial charge in [0.2, 0.25) is 0 Å². The summed E-state index contributed by atoms with van der Waals surface area (Å²) in [6.45, 7) is -0.0231. The fourth-order valence-electron chi connectivity index (χ4n) is 0.895. The number of carbonyl (C=O) groups excluding carboxylic acids is 1. The van der Waals surface area contributed by atoms with Crippen molar-refractivity contribution in [3.05, 3.63) is 34.3 Å². The molecule has 0 aromatic carbocycles. The van der Waals surface area contributed by atoms with Crippen molar-refractivity contribution in [2.24, 2.45) is 0 Å². The average molecular weight is 257 g/mol. The SMILES string of the molecule is O=C(OCc1nnsc1Cl)c1cnccn1. The highest BCUT2D eigenvalue weighted by Crippen LogP contribution is 2.17. The Kier molecular flexibility index (Phi) is 3.37. The number of hydrogen-bond acceptors (Lipinski definition) is 7. The van der Waals surface area contributed by atoms with Gasteiger partial charge in [0.15, 0.2) is 5.69 Å². The Hall–Kier alpha value is -1.60. The van der Waals surface area contributed by atoms with Gasteiger partial charge in [0.25, 0.3) is 0 Å². The molecule has 8 heteroatoms. The molecule has 0 saturated carbocycles. The second-order valence-corrected chi connectivity index (χ2v) is 4.02. The normalized spacial score (nSPS) is 10.1. The Morgan fingerprint density at radius 1 is 1.50 bits per heavy atom. The van der Waals surface area contributed by atoms with Crippen molar-refractivity contribution < 1.29 is 9.53 Å². The molecule has 2 aromatic heterocycles. The summed E-state index contributed by atoms with van der Waals surface area (Å²) in [5.41, 5.74) is 0.575. The predicted molar refractivity (Wildman–Crippen MR) is 56.1 cm³/mol. The smallest absolute Gasteiger partial charge is 0.358 e. The van der Waals surface area contributed by atoms with Crippen LogP contribution in [-0.2, 0) is 11.3 Å². The number of carbonyl (C=O) groups is 1. The van der Waals surface area contributed by atoms with E-state index in [1.807, 2.05) is 0 Å². The van der Waals surface area contributed by atoms with Crippen LogP contribution in [0.25, 0.3) is 0 Å². The number of rotatable bonds is 3. The van der Waals surface area contributed by atoms with Gasteiger partial charge >= 0.3 is 5.97 Å². The van der Waals surface area contributed by atoms with Gasteiger partial charge in [0, 0.05) is 23.9 Å². The highest BCUT2D eigenvalue weighted by molar-refractivity contribution is 7.10. The zero-order valence-corrected chi connectivity index (χ0v) is 9.40. The zero-order chi connectivity index (χ0) is 11.4. The third-order valence-electron chi connectivity index (χ3n) is 1.62. The van der Waals surface area contributed by atoms with Crippen molar-refractivity contribution >= 4 is 29.1 Å². The lowest BCUT2D eigenvalue weighted by atomic mass is 10.4. The summed E-state index contributed by atoms with van der Waals surface area (Å²) in [5.74, 6) is -0.572. The van der Waals surface area contributed by atoms with Gasteiger partial charge in [0.05, 0.1) is 6.20 Å². The van der Waals surface area contributed by atoms with E-state index in [9.17, 15) is 4.79 Å². The first-order valence-corrected chi connectivity index (χ1v) is 5.32. The lowest BCUT2D eigenvalue weighted by Gasteiger charge is -2.00. The molecule has 0 fully saturated rings. The third-order valence-corrected chi connectivity index (χ3v) is 2.61. The maximum absolute atomic E-state index is 11.4. The first kappa shape index (κ1) is 10.9. The summed E-state index contributed by atoms with van der Waals surface area (Å²) >= 11 is 6.78. The molecular weight excluding hydrogens is 252 g/mol. The van der Waals surface area contributed by atoms with Crippen molar-refractivity contribution in [1.29, 1.82) is 0 Å². The summed E-state index contributed by atoms with van der Waals surface area (Å²) in [6, 6.07) is 0. The maximum Gasteiger partial charge on any atom is 0.358 e. The molecule has 0 N–H and O–H groups in total. The fraction of sp³-hybridized carbons (Fsp3) is 0.125. The topological polar surface area (TPSA) is 77.9 Å². The number of nitrogens with zero attached hydrogens (tertiary/aromatic N) is 4. The highest BCUT2D eigenvalue weighted by atomic mass is 35.5. The van der Waals surface area contributed by atoms with Crippen LogP contribution in [0.15, 0.2) is 18.6 Å². The molecule has 0 saturated heterocycles. The molecule has 2 heterocycles. The van der Waals surface area contributed by atoms with E-state index in [1.165, 1.54) is 18.6 Å². The molecule has 2 rings (SSSR count). The summed E-state index contributed by atoms with van der Waals surface area (Å²) in [4.78, 5) is 19.0. The van der Waals surface area contributed by atoms with Crippen LogP contribution in [-0.4, -0.2) is 25.5 Å². The number of esters is 1. The van der Waals surface area contributed by atoms with Gasteiger partial charge in [-0.25, -0.2) is 9.78 Å². The van der Waals surface area contributed by atoms with Crippen molar-refractivity contribution in [2.75, 3.05) is 0 Å². The summed E-state index contributed by atoms with van der Waals surface area (Å²) in [5, 5.41) is 3.70. The minimum absolute atomic E-state index is 0.0231. The average Bonchev–Trinajstić information content (AvgIpc) is 2.73. The first-order valence-electron chi connectivity index (χ1n) is 4.17. The van der Waals surface area contributed by atoms with Crippen LogP contribution in [0, 0.1) is 0 Å². The molecule has 0 amide bonds. The van der Waals surface area contributed by atoms with Crippen LogP contribution in [0.4, 0.5) is 0 Å². The Morgan fingerprint density at radius 2 is 2.38 bits per heavy atom. The van der Waals surface area contributed by atoms with E-state index < -0.39 is 5.97 Å². The first-order chi connectivity index (χ1) is 7.77. The van der Waals surface area contributed by atoms with Crippen LogP contribution in [0.3, 0.4) is 0 Å². The molecule has 16 heavy (non-hydrogen) atoms. The zero-order valence-electron chi connectivity index (χ0n) is 7.83. The molecule has 6 nitrogen and oxygen atoms in total. The summed E-state index contributed by atoms with van der Waals surface area (Å²) in [7, 11) is 0. The largest absolute Gasteiger partial charge is 0.454 e. The van der Waals surface area contributed by atoms with Gasteiger partial charge in [-0.05, 0) is 0 Å². The minimum atomic E-state index is -0.572. The van der Waals surface area contributed by atoms with Gasteiger partial charge in [0.1, 0.15) is 16.6 Å². The highest BCUT2D eigenvalue weighted by Gasteiger charge is 2.11. The van der Waals surface area contributed by atoms with Gasteiger partial charge in [-0.1, -0.05) is 16.1 Å². The van der Waals surface area contributed by atoms with Crippen LogP contribution < -0.4 is 0 Å². The molecule has 0 radical (unpaired) electrons. The second kappa shape index (κ2) is 4.95. The van der Waals surface area contributed by atoms with Gasteiger partial charge < -0.3 is 4.74 Å². The number of hydrogen-bond donors (Lipinski definition) is 0. The molecule has 82 valence electrons. The molecule has 0 aliphatic carbocycles.